The minimum atomic E-state index is 0.240. The van der Waals surface area contributed by atoms with Crippen molar-refractivity contribution in [2.24, 2.45) is 7.05 Å². The molecular weight excluding hydrogens is 164 g/mol. The van der Waals surface area contributed by atoms with Gasteiger partial charge in [-0.15, -0.1) is 0 Å². The van der Waals surface area contributed by atoms with Crippen LogP contribution < -0.4 is 0 Å². The lowest BCUT2D eigenvalue weighted by atomic mass is 9.90. The topological polar surface area (TPSA) is 38.0 Å². The van der Waals surface area contributed by atoms with Gasteiger partial charge >= 0.3 is 0 Å². The van der Waals surface area contributed by atoms with Crippen molar-refractivity contribution in [1.29, 1.82) is 0 Å². The molecule has 3 heteroatoms. The zero-order valence-electron chi connectivity index (χ0n) is 8.25. The second-order valence-corrected chi connectivity index (χ2v) is 3.82. The first-order chi connectivity index (χ1) is 6.24. The SMILES string of the molecule is Cc1nc2c(n1C)CCCC2CO. The summed E-state index contributed by atoms with van der Waals surface area (Å²) in [7, 11) is 2.06. The molecule has 0 bridgehead atoms. The molecule has 0 saturated heterocycles. The number of aliphatic hydroxyl groups is 1. The van der Waals surface area contributed by atoms with Crippen LogP contribution in [0.3, 0.4) is 0 Å². The molecule has 0 amide bonds. The molecule has 1 unspecified atom stereocenters. The maximum Gasteiger partial charge on any atom is 0.105 e. The maximum absolute atomic E-state index is 9.19. The molecule has 72 valence electrons. The van der Waals surface area contributed by atoms with Crippen molar-refractivity contribution in [2.75, 3.05) is 6.61 Å². The number of nitrogens with zero attached hydrogens (tertiary/aromatic N) is 2. The van der Waals surface area contributed by atoms with Gasteiger partial charge in [0.2, 0.25) is 0 Å². The zero-order valence-corrected chi connectivity index (χ0v) is 8.25. The standard InChI is InChI=1S/C10H16N2O/c1-7-11-10-8(6-13)4-3-5-9(10)12(7)2/h8,13H,3-6H2,1-2H3. The molecule has 0 aliphatic heterocycles. The monoisotopic (exact) mass is 180 g/mol. The molecule has 1 heterocycles. The van der Waals surface area contributed by atoms with Crippen LogP contribution in [-0.4, -0.2) is 21.3 Å². The molecule has 1 aromatic heterocycles. The van der Waals surface area contributed by atoms with Crippen molar-refractivity contribution in [1.82, 2.24) is 9.55 Å². The van der Waals surface area contributed by atoms with Gasteiger partial charge in [0.1, 0.15) is 5.82 Å². The highest BCUT2D eigenvalue weighted by Gasteiger charge is 2.24. The number of aliphatic hydroxyl groups excluding tert-OH is 1. The third-order valence-electron chi connectivity index (χ3n) is 3.04. The minimum Gasteiger partial charge on any atom is -0.396 e. The Bertz CT molecular complexity index is 317. The predicted molar refractivity (Wildman–Crippen MR) is 50.7 cm³/mol. The van der Waals surface area contributed by atoms with Crippen molar-refractivity contribution < 1.29 is 5.11 Å². The summed E-state index contributed by atoms with van der Waals surface area (Å²) in [6, 6.07) is 0. The van der Waals surface area contributed by atoms with Crippen LogP contribution in [0.2, 0.25) is 0 Å². The largest absolute Gasteiger partial charge is 0.396 e. The Labute approximate surface area is 78.4 Å². The van der Waals surface area contributed by atoms with Gasteiger partial charge in [0, 0.05) is 18.7 Å². The van der Waals surface area contributed by atoms with Crippen molar-refractivity contribution in [3.05, 3.63) is 17.2 Å². The highest BCUT2D eigenvalue weighted by atomic mass is 16.3. The highest BCUT2D eigenvalue weighted by molar-refractivity contribution is 5.23. The lowest BCUT2D eigenvalue weighted by Crippen LogP contribution is -2.14. The Kier molecular flexibility index (Phi) is 2.12. The summed E-state index contributed by atoms with van der Waals surface area (Å²) in [4.78, 5) is 4.51. The van der Waals surface area contributed by atoms with E-state index in [1.54, 1.807) is 0 Å². The van der Waals surface area contributed by atoms with Crippen LogP contribution in [0.4, 0.5) is 0 Å². The number of hydrogen-bond acceptors (Lipinski definition) is 2. The molecule has 0 aromatic carbocycles. The number of rotatable bonds is 1. The fraction of sp³-hybridized carbons (Fsp3) is 0.700. The van der Waals surface area contributed by atoms with Crippen LogP contribution in [-0.2, 0) is 13.5 Å². The van der Waals surface area contributed by atoms with Gasteiger partial charge in [-0.25, -0.2) is 4.98 Å². The number of imidazole rings is 1. The van der Waals surface area contributed by atoms with Crippen LogP contribution >= 0.6 is 0 Å². The number of fused-ring (bicyclic) bond motifs is 1. The van der Waals surface area contributed by atoms with Crippen molar-refractivity contribution >= 4 is 0 Å². The molecule has 0 saturated carbocycles. The fourth-order valence-electron chi connectivity index (χ4n) is 2.13. The van der Waals surface area contributed by atoms with Gasteiger partial charge in [0.05, 0.1) is 12.3 Å². The van der Waals surface area contributed by atoms with Crippen LogP contribution in [0.1, 0.15) is 36.0 Å². The zero-order chi connectivity index (χ0) is 9.42. The van der Waals surface area contributed by atoms with E-state index in [2.05, 4.69) is 16.6 Å². The molecule has 1 N–H and O–H groups in total. The van der Waals surface area contributed by atoms with E-state index in [0.29, 0.717) is 0 Å². The van der Waals surface area contributed by atoms with Crippen LogP contribution in [0.5, 0.6) is 0 Å². The van der Waals surface area contributed by atoms with Crippen molar-refractivity contribution in [2.45, 2.75) is 32.1 Å². The Balaban J connectivity index is 2.45. The van der Waals surface area contributed by atoms with Gasteiger partial charge in [0.15, 0.2) is 0 Å². The van der Waals surface area contributed by atoms with E-state index in [1.165, 1.54) is 12.1 Å². The van der Waals surface area contributed by atoms with E-state index in [0.717, 1.165) is 24.4 Å². The second kappa shape index (κ2) is 3.14. The van der Waals surface area contributed by atoms with E-state index in [-0.39, 0.29) is 12.5 Å². The van der Waals surface area contributed by atoms with Crippen LogP contribution in [0.25, 0.3) is 0 Å². The summed E-state index contributed by atoms with van der Waals surface area (Å²) in [5, 5.41) is 9.19. The number of aryl methyl sites for hydroxylation is 1. The van der Waals surface area contributed by atoms with Gasteiger partial charge in [-0.05, 0) is 26.2 Å². The molecule has 2 rings (SSSR count). The predicted octanol–water partition coefficient (Wildman–Crippen LogP) is 1.14. The first kappa shape index (κ1) is 8.75. The molecular formula is C10H16N2O. The summed E-state index contributed by atoms with van der Waals surface area (Å²) in [6.45, 7) is 2.26. The minimum absolute atomic E-state index is 0.240. The second-order valence-electron chi connectivity index (χ2n) is 3.82. The molecule has 0 spiro atoms. The molecule has 0 fully saturated rings. The van der Waals surface area contributed by atoms with Gasteiger partial charge in [-0.3, -0.25) is 0 Å². The van der Waals surface area contributed by atoms with Gasteiger partial charge in [-0.1, -0.05) is 0 Å². The Morgan fingerprint density at radius 2 is 2.38 bits per heavy atom. The average Bonchev–Trinajstić information content (AvgIpc) is 2.43. The summed E-state index contributed by atoms with van der Waals surface area (Å²) in [5.74, 6) is 1.34. The van der Waals surface area contributed by atoms with E-state index < -0.39 is 0 Å². The summed E-state index contributed by atoms with van der Waals surface area (Å²) < 4.78 is 2.15. The Morgan fingerprint density at radius 1 is 1.62 bits per heavy atom. The first-order valence-electron chi connectivity index (χ1n) is 4.87. The quantitative estimate of drug-likeness (QED) is 0.703. The van der Waals surface area contributed by atoms with Crippen molar-refractivity contribution in [3.63, 3.8) is 0 Å². The molecule has 1 aromatic rings. The third kappa shape index (κ3) is 1.27. The summed E-state index contributed by atoms with van der Waals surface area (Å²) in [6.07, 6.45) is 3.38. The summed E-state index contributed by atoms with van der Waals surface area (Å²) in [5.41, 5.74) is 2.46. The van der Waals surface area contributed by atoms with Gasteiger partial charge < -0.3 is 9.67 Å². The number of aromatic nitrogens is 2. The van der Waals surface area contributed by atoms with E-state index >= 15 is 0 Å². The third-order valence-corrected chi connectivity index (χ3v) is 3.04. The summed E-state index contributed by atoms with van der Waals surface area (Å²) >= 11 is 0. The molecule has 1 atom stereocenters. The van der Waals surface area contributed by atoms with Crippen LogP contribution in [0, 0.1) is 6.92 Å². The molecule has 1 aliphatic rings. The van der Waals surface area contributed by atoms with E-state index in [1.807, 2.05) is 6.92 Å². The Hall–Kier alpha value is -0.830. The van der Waals surface area contributed by atoms with E-state index in [4.69, 9.17) is 0 Å². The van der Waals surface area contributed by atoms with Crippen molar-refractivity contribution in [3.8, 4) is 0 Å². The number of hydrogen-bond donors (Lipinski definition) is 1. The van der Waals surface area contributed by atoms with Gasteiger partial charge in [0.25, 0.3) is 0 Å². The smallest absolute Gasteiger partial charge is 0.105 e. The fourth-order valence-corrected chi connectivity index (χ4v) is 2.13. The molecule has 13 heavy (non-hydrogen) atoms. The van der Waals surface area contributed by atoms with E-state index in [9.17, 15) is 5.11 Å². The molecule has 0 radical (unpaired) electrons. The maximum atomic E-state index is 9.19. The Morgan fingerprint density at radius 3 is 3.08 bits per heavy atom. The lowest BCUT2D eigenvalue weighted by molar-refractivity contribution is 0.250. The van der Waals surface area contributed by atoms with Crippen LogP contribution in [0.15, 0.2) is 0 Å². The molecule has 3 nitrogen and oxygen atoms in total. The van der Waals surface area contributed by atoms with Gasteiger partial charge in [-0.2, -0.15) is 0 Å². The molecule has 1 aliphatic carbocycles. The lowest BCUT2D eigenvalue weighted by Gasteiger charge is -2.19. The first-order valence-corrected chi connectivity index (χ1v) is 4.87. The average molecular weight is 180 g/mol. The normalized spacial score (nSPS) is 21.6. The highest BCUT2D eigenvalue weighted by Crippen LogP contribution is 2.30.